The summed E-state index contributed by atoms with van der Waals surface area (Å²) >= 11 is 4.66. The molecule has 3 rings (SSSR count). The Morgan fingerprint density at radius 1 is 1.43 bits per heavy atom. The number of ketones is 1. The lowest BCUT2D eigenvalue weighted by atomic mass is 9.89. The summed E-state index contributed by atoms with van der Waals surface area (Å²) in [6.07, 6.45) is 1.32. The lowest BCUT2D eigenvalue weighted by Gasteiger charge is -2.21. The summed E-state index contributed by atoms with van der Waals surface area (Å²) in [5, 5.41) is 12.8. The molecule has 1 N–H and O–H groups in total. The van der Waals surface area contributed by atoms with E-state index >= 15 is 0 Å². The molecule has 1 atom stereocenters. The molecule has 6 heteroatoms. The van der Waals surface area contributed by atoms with Gasteiger partial charge in [0.1, 0.15) is 0 Å². The van der Waals surface area contributed by atoms with Gasteiger partial charge in [-0.1, -0.05) is 28.1 Å². The minimum Gasteiger partial charge on any atom is -0.375 e. The zero-order chi connectivity index (χ0) is 16.6. The summed E-state index contributed by atoms with van der Waals surface area (Å²) in [5.74, 6) is -0.738. The van der Waals surface area contributed by atoms with Crippen LogP contribution in [-0.4, -0.2) is 23.3 Å². The van der Waals surface area contributed by atoms with E-state index in [2.05, 4.69) is 22.5 Å². The van der Waals surface area contributed by atoms with Gasteiger partial charge in [0.25, 0.3) is 5.91 Å². The Morgan fingerprint density at radius 2 is 2.22 bits per heavy atom. The first-order valence-electron chi connectivity index (χ1n) is 6.99. The van der Waals surface area contributed by atoms with Crippen molar-refractivity contribution in [3.8, 4) is 0 Å². The van der Waals surface area contributed by atoms with Crippen LogP contribution in [-0.2, 0) is 10.4 Å². The highest BCUT2D eigenvalue weighted by atomic mass is 79.9. The van der Waals surface area contributed by atoms with Gasteiger partial charge in [0, 0.05) is 16.6 Å². The number of nitrogens with zero attached hydrogens (tertiary/aromatic N) is 1. The molecule has 1 aromatic heterocycles. The Hall–Kier alpha value is -1.76. The van der Waals surface area contributed by atoms with Crippen LogP contribution in [0.4, 0.5) is 5.69 Å². The minimum atomic E-state index is -1.84. The van der Waals surface area contributed by atoms with E-state index in [1.54, 1.807) is 41.8 Å². The van der Waals surface area contributed by atoms with Gasteiger partial charge in [-0.05, 0) is 29.6 Å². The highest BCUT2D eigenvalue weighted by molar-refractivity contribution is 9.10. The number of carbonyl (C=O) groups is 2. The Bertz CT molecular complexity index is 787. The van der Waals surface area contributed by atoms with Crippen LogP contribution in [0.3, 0.4) is 0 Å². The third-order valence-corrected chi connectivity index (χ3v) is 5.22. The maximum atomic E-state index is 12.8. The zero-order valence-electron chi connectivity index (χ0n) is 12.2. The van der Waals surface area contributed by atoms with Gasteiger partial charge in [0.05, 0.1) is 17.0 Å². The van der Waals surface area contributed by atoms with E-state index in [-0.39, 0.29) is 18.7 Å². The Balaban J connectivity index is 2.04. The van der Waals surface area contributed by atoms with Crippen molar-refractivity contribution in [1.82, 2.24) is 0 Å². The molecule has 0 bridgehead atoms. The Labute approximate surface area is 146 Å². The quantitative estimate of drug-likeness (QED) is 0.626. The largest absolute Gasteiger partial charge is 0.375 e. The average Bonchev–Trinajstić information content (AvgIpc) is 3.11. The number of carbonyl (C=O) groups excluding carboxylic acids is 2. The third kappa shape index (κ3) is 2.67. The van der Waals surface area contributed by atoms with Crippen LogP contribution >= 0.6 is 27.3 Å². The van der Waals surface area contributed by atoms with Crippen molar-refractivity contribution in [3.63, 3.8) is 0 Å². The van der Waals surface area contributed by atoms with Crippen LogP contribution in [0.15, 0.2) is 52.8 Å². The molecule has 0 aliphatic carbocycles. The van der Waals surface area contributed by atoms with Crippen molar-refractivity contribution in [3.05, 3.63) is 63.3 Å². The average molecular weight is 392 g/mol. The number of rotatable bonds is 5. The number of aliphatic hydroxyl groups is 1. The monoisotopic (exact) mass is 391 g/mol. The van der Waals surface area contributed by atoms with Gasteiger partial charge in [0.15, 0.2) is 11.4 Å². The first kappa shape index (κ1) is 16.1. The first-order chi connectivity index (χ1) is 11.0. The molecular weight excluding hydrogens is 378 g/mol. The fraction of sp³-hybridized carbons (Fsp3) is 0.176. The van der Waals surface area contributed by atoms with E-state index in [1.165, 1.54) is 16.2 Å². The number of halogens is 1. The molecule has 1 aliphatic heterocycles. The summed E-state index contributed by atoms with van der Waals surface area (Å²) in [5.41, 5.74) is -0.786. The standard InChI is InChI=1S/C17H14BrNO3S/c1-2-7-19-13-6-5-11(18)9-12(13)17(22,16(19)21)10-14(20)15-4-3-8-23-15/h2-6,8-9,22H,1,7,10H2/t17-/m0/s1. The normalized spacial score (nSPS) is 19.7. The number of amides is 1. The van der Waals surface area contributed by atoms with E-state index in [0.29, 0.717) is 16.1 Å². The highest BCUT2D eigenvalue weighted by Crippen LogP contribution is 2.44. The van der Waals surface area contributed by atoms with Gasteiger partial charge in [-0.2, -0.15) is 0 Å². The van der Waals surface area contributed by atoms with Gasteiger partial charge in [-0.15, -0.1) is 17.9 Å². The second-order valence-electron chi connectivity index (χ2n) is 5.30. The minimum absolute atomic E-state index is 0.248. The summed E-state index contributed by atoms with van der Waals surface area (Å²) in [6.45, 7) is 3.93. The lowest BCUT2D eigenvalue weighted by Crippen LogP contribution is -2.41. The molecule has 2 aromatic rings. The van der Waals surface area contributed by atoms with Gasteiger partial charge in [0.2, 0.25) is 0 Å². The maximum Gasteiger partial charge on any atom is 0.264 e. The second-order valence-corrected chi connectivity index (χ2v) is 7.17. The molecule has 1 amide bonds. The van der Waals surface area contributed by atoms with Crippen LogP contribution in [0.5, 0.6) is 0 Å². The van der Waals surface area contributed by atoms with Crippen molar-refractivity contribution in [2.45, 2.75) is 12.0 Å². The van der Waals surface area contributed by atoms with Crippen molar-refractivity contribution in [2.75, 3.05) is 11.4 Å². The van der Waals surface area contributed by atoms with Crippen molar-refractivity contribution in [2.24, 2.45) is 0 Å². The molecule has 1 aliphatic rings. The van der Waals surface area contributed by atoms with Crippen molar-refractivity contribution < 1.29 is 14.7 Å². The molecule has 0 fully saturated rings. The molecule has 2 heterocycles. The number of fused-ring (bicyclic) bond motifs is 1. The van der Waals surface area contributed by atoms with Gasteiger partial charge < -0.3 is 10.0 Å². The number of hydrogen-bond donors (Lipinski definition) is 1. The number of anilines is 1. The number of benzene rings is 1. The molecule has 0 saturated heterocycles. The molecule has 0 radical (unpaired) electrons. The van der Waals surface area contributed by atoms with Gasteiger partial charge >= 0.3 is 0 Å². The number of hydrogen-bond acceptors (Lipinski definition) is 4. The molecular formula is C17H14BrNO3S. The van der Waals surface area contributed by atoms with Crippen LogP contribution in [0, 0.1) is 0 Å². The fourth-order valence-corrected chi connectivity index (χ4v) is 3.79. The zero-order valence-corrected chi connectivity index (χ0v) is 14.6. The van der Waals surface area contributed by atoms with Crippen molar-refractivity contribution >= 4 is 44.6 Å². The second kappa shape index (κ2) is 6.03. The summed E-state index contributed by atoms with van der Waals surface area (Å²) < 4.78 is 0.742. The Kier molecular flexibility index (Phi) is 4.23. The first-order valence-corrected chi connectivity index (χ1v) is 8.66. The van der Waals surface area contributed by atoms with Crippen LogP contribution in [0.25, 0.3) is 0 Å². The van der Waals surface area contributed by atoms with Gasteiger partial charge in [-0.3, -0.25) is 9.59 Å². The van der Waals surface area contributed by atoms with E-state index in [9.17, 15) is 14.7 Å². The SMILES string of the molecule is C=CCN1C(=O)[C@](O)(CC(=O)c2cccs2)c2cc(Br)ccc21. The van der Waals surface area contributed by atoms with Crippen LogP contribution in [0.2, 0.25) is 0 Å². The summed E-state index contributed by atoms with van der Waals surface area (Å²) in [6, 6.07) is 8.72. The third-order valence-electron chi connectivity index (χ3n) is 3.82. The highest BCUT2D eigenvalue weighted by Gasteiger charge is 2.50. The predicted octanol–water partition coefficient (Wildman–Crippen LogP) is 3.50. The molecule has 0 unspecified atom stereocenters. The van der Waals surface area contributed by atoms with E-state index in [4.69, 9.17) is 0 Å². The summed E-state index contributed by atoms with van der Waals surface area (Å²) in [7, 11) is 0. The lowest BCUT2D eigenvalue weighted by molar-refractivity contribution is -0.135. The maximum absolute atomic E-state index is 12.8. The topological polar surface area (TPSA) is 57.6 Å². The summed E-state index contributed by atoms with van der Waals surface area (Å²) in [4.78, 5) is 27.2. The fourth-order valence-electron chi connectivity index (χ4n) is 2.76. The van der Waals surface area contributed by atoms with E-state index < -0.39 is 11.5 Å². The molecule has 23 heavy (non-hydrogen) atoms. The van der Waals surface area contributed by atoms with Crippen LogP contribution in [0.1, 0.15) is 21.7 Å². The number of Topliss-reactive ketones (excluding diaryl/α,β-unsaturated/α-hetero) is 1. The van der Waals surface area contributed by atoms with Crippen LogP contribution < -0.4 is 4.90 Å². The molecule has 0 spiro atoms. The molecule has 4 nitrogen and oxygen atoms in total. The van der Waals surface area contributed by atoms with E-state index in [0.717, 1.165) is 4.47 Å². The smallest absolute Gasteiger partial charge is 0.264 e. The van der Waals surface area contributed by atoms with Gasteiger partial charge in [-0.25, -0.2) is 0 Å². The molecule has 1 aromatic carbocycles. The predicted molar refractivity (Wildman–Crippen MR) is 93.9 cm³/mol. The van der Waals surface area contributed by atoms with Crippen molar-refractivity contribution in [1.29, 1.82) is 0 Å². The molecule has 118 valence electrons. The Morgan fingerprint density at radius 3 is 2.87 bits per heavy atom. The number of thiophene rings is 1. The van der Waals surface area contributed by atoms with E-state index in [1.807, 2.05) is 0 Å². The molecule has 0 saturated carbocycles.